The normalized spacial score (nSPS) is 8.00. The Balaban J connectivity index is 0.000000206. The Hall–Kier alpha value is -0.817. The van der Waals surface area contributed by atoms with E-state index in [9.17, 15) is 0 Å². The number of nitrogens with two attached hydrogens (primary N) is 2. The number of nitrogen functional groups attached to an aromatic ring is 2. The summed E-state index contributed by atoms with van der Waals surface area (Å²) in [5.41, 5.74) is 12.2. The molecule has 0 aliphatic carbocycles. The molecule has 0 saturated carbocycles. The summed E-state index contributed by atoms with van der Waals surface area (Å²) >= 11 is 0. The Morgan fingerprint density at radius 3 is 0.923 bits per heavy atom. The van der Waals surface area contributed by atoms with Crippen molar-refractivity contribution in [2.75, 3.05) is 11.5 Å². The van der Waals surface area contributed by atoms with Crippen LogP contribution in [-0.2, 0) is 26.2 Å². The summed E-state index contributed by atoms with van der Waals surface area (Å²) in [6.07, 6.45) is 0. The van der Waals surface area contributed by atoms with E-state index >= 15 is 0 Å². The summed E-state index contributed by atoms with van der Waals surface area (Å²) in [6, 6.07) is 15.1. The second kappa shape index (κ2) is 6.67. The average molecular weight is 251 g/mol. The van der Waals surface area contributed by atoms with E-state index in [1.807, 2.05) is 48.5 Å². The Labute approximate surface area is 97.4 Å². The van der Waals surface area contributed by atoms with Crippen LogP contribution in [0.15, 0.2) is 48.5 Å². The van der Waals surface area contributed by atoms with Gasteiger partial charge in [0.1, 0.15) is 0 Å². The van der Waals surface area contributed by atoms with Crippen molar-refractivity contribution in [3.8, 4) is 0 Å². The topological polar surface area (TPSA) is 52.0 Å². The zero-order chi connectivity index (χ0) is 8.81. The molecular formula is C10H12N2Zr. The fourth-order valence-electron chi connectivity index (χ4n) is 0.778. The van der Waals surface area contributed by atoms with Crippen LogP contribution in [0, 0.1) is 0 Å². The molecule has 2 aromatic carbocycles. The van der Waals surface area contributed by atoms with Gasteiger partial charge >= 0.3 is 26.2 Å². The first-order chi connectivity index (χ1) is 5.79. The summed E-state index contributed by atoms with van der Waals surface area (Å²) in [6.45, 7) is 0. The molecule has 66 valence electrons. The van der Waals surface area contributed by atoms with Crippen LogP contribution in [0.25, 0.3) is 0 Å². The molecule has 2 nitrogen and oxygen atoms in total. The monoisotopic (exact) mass is 250 g/mol. The Bertz CT molecular complexity index is 252. The summed E-state index contributed by atoms with van der Waals surface area (Å²) in [4.78, 5) is 0. The Kier molecular flexibility index (Phi) is 6.25. The molecule has 2 rings (SSSR count). The van der Waals surface area contributed by atoms with Gasteiger partial charge in [-0.05, 0) is 0 Å². The van der Waals surface area contributed by atoms with Crippen LogP contribution in [0.5, 0.6) is 0 Å². The molecule has 0 aliphatic heterocycles. The predicted octanol–water partition coefficient (Wildman–Crippen LogP) is 1.97. The van der Waals surface area contributed by atoms with Crippen molar-refractivity contribution in [1.82, 2.24) is 0 Å². The van der Waals surface area contributed by atoms with Crippen LogP contribution in [0.2, 0.25) is 0 Å². The fraction of sp³-hybridized carbons (Fsp3) is 0. The van der Waals surface area contributed by atoms with Gasteiger partial charge in [0.05, 0.1) is 0 Å². The molecule has 0 unspecified atom stereocenters. The minimum absolute atomic E-state index is 0. The summed E-state index contributed by atoms with van der Waals surface area (Å²) in [5.74, 6) is 0. The average Bonchev–Trinajstić information content (AvgIpc) is 2.63. The first-order valence-electron chi connectivity index (χ1n) is 3.73. The van der Waals surface area contributed by atoms with Crippen molar-refractivity contribution in [1.29, 1.82) is 0 Å². The van der Waals surface area contributed by atoms with Gasteiger partial charge in [-0.2, -0.15) is 24.3 Å². The Morgan fingerprint density at radius 1 is 0.615 bits per heavy atom. The van der Waals surface area contributed by atoms with E-state index in [2.05, 4.69) is 0 Å². The molecule has 2 aromatic rings. The molecule has 0 atom stereocenters. The van der Waals surface area contributed by atoms with Crippen molar-refractivity contribution in [2.24, 2.45) is 0 Å². The van der Waals surface area contributed by atoms with Gasteiger partial charge in [-0.3, -0.25) is 0 Å². The quantitative estimate of drug-likeness (QED) is 0.703. The molecule has 0 bridgehead atoms. The molecule has 3 heteroatoms. The van der Waals surface area contributed by atoms with Crippen LogP contribution < -0.4 is 11.5 Å². The SMILES string of the molecule is N[c-]1cccc1.N[c-]1cccc1.[Zr+2]. The minimum Gasteiger partial charge on any atom is -0.449 e. The molecule has 0 radical (unpaired) electrons. The number of hydrogen-bond donors (Lipinski definition) is 2. The van der Waals surface area contributed by atoms with Crippen molar-refractivity contribution in [3.05, 3.63) is 48.5 Å². The maximum Gasteiger partial charge on any atom is 2.00 e. The third kappa shape index (κ3) is 5.43. The molecule has 13 heavy (non-hydrogen) atoms. The van der Waals surface area contributed by atoms with Crippen molar-refractivity contribution < 1.29 is 26.2 Å². The molecule has 0 saturated heterocycles. The maximum atomic E-state index is 5.28. The third-order valence-electron chi connectivity index (χ3n) is 1.38. The van der Waals surface area contributed by atoms with Crippen molar-refractivity contribution >= 4 is 11.4 Å². The van der Waals surface area contributed by atoms with Gasteiger partial charge in [-0.15, -0.1) is 0 Å². The minimum atomic E-state index is 0. The largest absolute Gasteiger partial charge is 2.00 e. The summed E-state index contributed by atoms with van der Waals surface area (Å²) in [5, 5.41) is 0. The molecular weight excluding hydrogens is 239 g/mol. The van der Waals surface area contributed by atoms with Gasteiger partial charge in [0.15, 0.2) is 0 Å². The van der Waals surface area contributed by atoms with E-state index in [0.717, 1.165) is 11.4 Å². The van der Waals surface area contributed by atoms with E-state index < -0.39 is 0 Å². The van der Waals surface area contributed by atoms with Crippen LogP contribution >= 0.6 is 0 Å². The molecule has 0 spiro atoms. The zero-order valence-corrected chi connectivity index (χ0v) is 9.73. The van der Waals surface area contributed by atoms with Gasteiger partial charge in [0.2, 0.25) is 0 Å². The van der Waals surface area contributed by atoms with Crippen molar-refractivity contribution in [3.63, 3.8) is 0 Å². The molecule has 4 N–H and O–H groups in total. The second-order valence-electron chi connectivity index (χ2n) is 2.44. The van der Waals surface area contributed by atoms with Crippen LogP contribution in [0.3, 0.4) is 0 Å². The smallest absolute Gasteiger partial charge is 0.449 e. The van der Waals surface area contributed by atoms with Crippen LogP contribution in [-0.4, -0.2) is 0 Å². The van der Waals surface area contributed by atoms with E-state index in [1.54, 1.807) is 0 Å². The second-order valence-corrected chi connectivity index (χ2v) is 2.44. The summed E-state index contributed by atoms with van der Waals surface area (Å²) < 4.78 is 0. The van der Waals surface area contributed by atoms with Gasteiger partial charge < -0.3 is 11.5 Å². The fourth-order valence-corrected chi connectivity index (χ4v) is 0.778. The van der Waals surface area contributed by atoms with Gasteiger partial charge in [0.25, 0.3) is 0 Å². The van der Waals surface area contributed by atoms with Gasteiger partial charge in [-0.1, -0.05) is 11.4 Å². The Morgan fingerprint density at radius 2 is 0.846 bits per heavy atom. The third-order valence-corrected chi connectivity index (χ3v) is 1.38. The number of hydrogen-bond acceptors (Lipinski definition) is 2. The molecule has 0 fully saturated rings. The van der Waals surface area contributed by atoms with Gasteiger partial charge in [-0.25, -0.2) is 24.3 Å². The predicted molar refractivity (Wildman–Crippen MR) is 52.9 cm³/mol. The zero-order valence-electron chi connectivity index (χ0n) is 7.27. The molecule has 0 aromatic heterocycles. The molecule has 0 amide bonds. The first kappa shape index (κ1) is 12.2. The van der Waals surface area contributed by atoms with E-state index in [1.165, 1.54) is 0 Å². The van der Waals surface area contributed by atoms with E-state index in [4.69, 9.17) is 11.5 Å². The number of rotatable bonds is 0. The van der Waals surface area contributed by atoms with E-state index in [-0.39, 0.29) is 26.2 Å². The van der Waals surface area contributed by atoms with E-state index in [0.29, 0.717) is 0 Å². The van der Waals surface area contributed by atoms with Crippen LogP contribution in [0.1, 0.15) is 0 Å². The van der Waals surface area contributed by atoms with Crippen LogP contribution in [0.4, 0.5) is 11.4 Å². The number of anilines is 2. The molecule has 0 heterocycles. The van der Waals surface area contributed by atoms with Crippen molar-refractivity contribution in [2.45, 2.75) is 0 Å². The first-order valence-corrected chi connectivity index (χ1v) is 3.73. The summed E-state index contributed by atoms with van der Waals surface area (Å²) in [7, 11) is 0. The maximum absolute atomic E-state index is 5.28. The van der Waals surface area contributed by atoms with Gasteiger partial charge in [0, 0.05) is 0 Å². The standard InChI is InChI=1S/2C5H6N.Zr/c2*6-5-3-1-2-4-5;/h2*1-4H,6H2;/q2*-1;+2. The molecule has 0 aliphatic rings.